The van der Waals surface area contributed by atoms with Gasteiger partial charge in [-0.3, -0.25) is 14.6 Å². The summed E-state index contributed by atoms with van der Waals surface area (Å²) < 4.78 is 5.48. The smallest absolute Gasteiger partial charge is 0.255 e. The van der Waals surface area contributed by atoms with Crippen LogP contribution in [0.3, 0.4) is 0 Å². The fourth-order valence-electron chi connectivity index (χ4n) is 3.99. The van der Waals surface area contributed by atoms with E-state index in [1.807, 2.05) is 4.90 Å². The van der Waals surface area contributed by atoms with Crippen molar-refractivity contribution in [3.05, 3.63) is 30.1 Å². The van der Waals surface area contributed by atoms with Crippen LogP contribution in [0.4, 0.5) is 0 Å². The van der Waals surface area contributed by atoms with E-state index in [0.29, 0.717) is 24.6 Å². The molecule has 1 saturated carbocycles. The van der Waals surface area contributed by atoms with Crippen molar-refractivity contribution in [3.63, 3.8) is 0 Å². The Morgan fingerprint density at radius 2 is 1.92 bits per heavy atom. The zero-order valence-corrected chi connectivity index (χ0v) is 14.5. The fourth-order valence-corrected chi connectivity index (χ4v) is 3.99. The minimum Gasteiger partial charge on any atom is -0.381 e. The van der Waals surface area contributed by atoms with Gasteiger partial charge in [-0.15, -0.1) is 0 Å². The average molecular weight is 343 g/mol. The van der Waals surface area contributed by atoms with E-state index in [4.69, 9.17) is 4.74 Å². The molecule has 0 aromatic carbocycles. The highest BCUT2D eigenvalue weighted by Crippen LogP contribution is 2.35. The fraction of sp³-hybridized carbons (Fsp3) is 0.632. The molecule has 2 amide bonds. The van der Waals surface area contributed by atoms with Gasteiger partial charge in [0.25, 0.3) is 5.91 Å². The van der Waals surface area contributed by atoms with Crippen molar-refractivity contribution in [1.29, 1.82) is 0 Å². The van der Waals surface area contributed by atoms with E-state index in [-0.39, 0.29) is 23.9 Å². The summed E-state index contributed by atoms with van der Waals surface area (Å²) in [5.74, 6) is 0.528. The minimum atomic E-state index is 0.0152. The van der Waals surface area contributed by atoms with Crippen LogP contribution >= 0.6 is 0 Å². The molecular formula is C19H25N3O3. The Morgan fingerprint density at radius 1 is 1.12 bits per heavy atom. The standard InChI is InChI=1S/C19H25N3O3/c23-18(15-2-1-8-20-12-15)21-9-5-17(13-21)22(19(24)14-3-4-14)16-6-10-25-11-7-16/h1-2,8,12,14,16-17H,3-7,9-11,13H2. The molecule has 1 unspecified atom stereocenters. The lowest BCUT2D eigenvalue weighted by molar-refractivity contribution is -0.139. The summed E-state index contributed by atoms with van der Waals surface area (Å²) in [7, 11) is 0. The zero-order chi connectivity index (χ0) is 17.2. The van der Waals surface area contributed by atoms with Crippen molar-refractivity contribution in [2.45, 2.75) is 44.2 Å². The topological polar surface area (TPSA) is 62.7 Å². The molecule has 3 heterocycles. The number of pyridine rings is 1. The number of amides is 2. The molecular weight excluding hydrogens is 318 g/mol. The SMILES string of the molecule is O=C(c1cccnc1)N1CCC(N(C(=O)C2CC2)C2CCOCC2)C1. The summed E-state index contributed by atoms with van der Waals surface area (Å²) in [6.07, 6.45) is 8.00. The van der Waals surface area contributed by atoms with Crippen molar-refractivity contribution < 1.29 is 14.3 Å². The molecule has 2 saturated heterocycles. The number of aromatic nitrogens is 1. The van der Waals surface area contributed by atoms with Crippen molar-refractivity contribution in [3.8, 4) is 0 Å². The lowest BCUT2D eigenvalue weighted by Crippen LogP contribution is -2.51. The Labute approximate surface area is 148 Å². The Morgan fingerprint density at radius 3 is 2.60 bits per heavy atom. The number of hydrogen-bond acceptors (Lipinski definition) is 4. The van der Waals surface area contributed by atoms with Gasteiger partial charge in [-0.05, 0) is 44.2 Å². The summed E-state index contributed by atoms with van der Waals surface area (Å²) in [6, 6.07) is 3.98. The molecule has 1 atom stereocenters. The molecule has 0 radical (unpaired) electrons. The van der Waals surface area contributed by atoms with Crippen LogP contribution in [-0.2, 0) is 9.53 Å². The molecule has 1 aliphatic carbocycles. The van der Waals surface area contributed by atoms with E-state index in [2.05, 4.69) is 9.88 Å². The first kappa shape index (κ1) is 16.5. The molecule has 4 rings (SSSR count). The lowest BCUT2D eigenvalue weighted by atomic mass is 10.0. The first-order valence-corrected chi connectivity index (χ1v) is 9.33. The highest BCUT2D eigenvalue weighted by atomic mass is 16.5. The Balaban J connectivity index is 1.47. The third kappa shape index (κ3) is 3.54. The molecule has 3 aliphatic rings. The second-order valence-corrected chi connectivity index (χ2v) is 7.30. The van der Waals surface area contributed by atoms with Gasteiger partial charge in [0.1, 0.15) is 0 Å². The first-order valence-electron chi connectivity index (χ1n) is 9.33. The van der Waals surface area contributed by atoms with Gasteiger partial charge < -0.3 is 14.5 Å². The zero-order valence-electron chi connectivity index (χ0n) is 14.5. The van der Waals surface area contributed by atoms with Gasteiger partial charge in [0, 0.05) is 50.7 Å². The Bertz CT molecular complexity index is 626. The third-order valence-corrected chi connectivity index (χ3v) is 5.52. The normalized spacial score (nSPS) is 24.3. The number of ether oxygens (including phenoxy) is 1. The van der Waals surface area contributed by atoms with Crippen LogP contribution in [0.25, 0.3) is 0 Å². The first-order chi connectivity index (χ1) is 12.2. The number of carbonyl (C=O) groups is 2. The van der Waals surface area contributed by atoms with Crippen LogP contribution in [0.15, 0.2) is 24.5 Å². The molecule has 0 spiro atoms. The number of carbonyl (C=O) groups excluding carboxylic acids is 2. The molecule has 2 aliphatic heterocycles. The molecule has 6 heteroatoms. The van der Waals surface area contributed by atoms with Gasteiger partial charge in [0.05, 0.1) is 11.6 Å². The van der Waals surface area contributed by atoms with Crippen molar-refractivity contribution in [2.75, 3.05) is 26.3 Å². The maximum absolute atomic E-state index is 12.9. The van der Waals surface area contributed by atoms with Gasteiger partial charge in [0.15, 0.2) is 0 Å². The Kier molecular flexibility index (Phi) is 4.70. The lowest BCUT2D eigenvalue weighted by Gasteiger charge is -2.38. The maximum atomic E-state index is 12.9. The summed E-state index contributed by atoms with van der Waals surface area (Å²) in [6.45, 7) is 2.79. The van der Waals surface area contributed by atoms with E-state index in [9.17, 15) is 9.59 Å². The highest BCUT2D eigenvalue weighted by Gasteiger charge is 2.42. The van der Waals surface area contributed by atoms with Crippen molar-refractivity contribution in [2.24, 2.45) is 5.92 Å². The van der Waals surface area contributed by atoms with Gasteiger partial charge in [-0.1, -0.05) is 0 Å². The van der Waals surface area contributed by atoms with E-state index < -0.39 is 0 Å². The van der Waals surface area contributed by atoms with Gasteiger partial charge in [-0.2, -0.15) is 0 Å². The summed E-state index contributed by atoms with van der Waals surface area (Å²) in [5.41, 5.74) is 0.620. The van der Waals surface area contributed by atoms with Gasteiger partial charge in [0.2, 0.25) is 5.91 Å². The molecule has 25 heavy (non-hydrogen) atoms. The number of rotatable bonds is 4. The largest absolute Gasteiger partial charge is 0.381 e. The van der Waals surface area contributed by atoms with E-state index in [0.717, 1.165) is 45.3 Å². The maximum Gasteiger partial charge on any atom is 0.255 e. The third-order valence-electron chi connectivity index (χ3n) is 5.52. The molecule has 6 nitrogen and oxygen atoms in total. The summed E-state index contributed by atoms with van der Waals surface area (Å²) in [5, 5.41) is 0. The molecule has 0 N–H and O–H groups in total. The summed E-state index contributed by atoms with van der Waals surface area (Å²) >= 11 is 0. The minimum absolute atomic E-state index is 0.0152. The van der Waals surface area contributed by atoms with Crippen LogP contribution in [-0.4, -0.2) is 65.0 Å². The van der Waals surface area contributed by atoms with E-state index in [1.54, 1.807) is 24.5 Å². The second kappa shape index (κ2) is 7.12. The van der Waals surface area contributed by atoms with Crippen LogP contribution in [0.1, 0.15) is 42.5 Å². The van der Waals surface area contributed by atoms with Crippen LogP contribution < -0.4 is 0 Å². The molecule has 3 fully saturated rings. The monoisotopic (exact) mass is 343 g/mol. The predicted octanol–water partition coefficient (Wildman–Crippen LogP) is 1.71. The quantitative estimate of drug-likeness (QED) is 0.835. The number of hydrogen-bond donors (Lipinski definition) is 0. The second-order valence-electron chi connectivity index (χ2n) is 7.30. The molecule has 0 bridgehead atoms. The Hall–Kier alpha value is -1.95. The van der Waals surface area contributed by atoms with Crippen LogP contribution in [0.5, 0.6) is 0 Å². The van der Waals surface area contributed by atoms with Crippen LogP contribution in [0, 0.1) is 5.92 Å². The van der Waals surface area contributed by atoms with E-state index >= 15 is 0 Å². The number of nitrogens with zero attached hydrogens (tertiary/aromatic N) is 3. The van der Waals surface area contributed by atoms with Crippen molar-refractivity contribution in [1.82, 2.24) is 14.8 Å². The number of likely N-dealkylation sites (tertiary alicyclic amines) is 1. The van der Waals surface area contributed by atoms with Gasteiger partial charge in [-0.25, -0.2) is 0 Å². The predicted molar refractivity (Wildman–Crippen MR) is 92.0 cm³/mol. The molecule has 1 aromatic rings. The molecule has 134 valence electrons. The molecule has 1 aromatic heterocycles. The highest BCUT2D eigenvalue weighted by molar-refractivity contribution is 5.94. The summed E-state index contributed by atoms with van der Waals surface area (Å²) in [4.78, 5) is 33.6. The van der Waals surface area contributed by atoms with Gasteiger partial charge >= 0.3 is 0 Å². The van der Waals surface area contributed by atoms with Crippen molar-refractivity contribution >= 4 is 11.8 Å². The average Bonchev–Trinajstić information content (AvgIpc) is 3.41. The van der Waals surface area contributed by atoms with Crippen LogP contribution in [0.2, 0.25) is 0 Å². The van der Waals surface area contributed by atoms with E-state index in [1.165, 1.54) is 0 Å².